The molecule has 0 aliphatic heterocycles. The van der Waals surface area contributed by atoms with Gasteiger partial charge in [-0.1, -0.05) is 30.3 Å². The van der Waals surface area contributed by atoms with E-state index in [9.17, 15) is 0 Å². The summed E-state index contributed by atoms with van der Waals surface area (Å²) in [5.41, 5.74) is 0.869. The van der Waals surface area contributed by atoms with Gasteiger partial charge in [0.05, 0.1) is 18.2 Å². The first-order chi connectivity index (χ1) is 10.5. The summed E-state index contributed by atoms with van der Waals surface area (Å²) in [7, 11) is 3.42. The fraction of sp³-hybridized carbons (Fsp3) is 0.588. The highest BCUT2D eigenvalue weighted by Crippen LogP contribution is 2.14. The second-order valence-corrected chi connectivity index (χ2v) is 5.67. The van der Waals surface area contributed by atoms with E-state index in [1.165, 1.54) is 0 Å². The van der Waals surface area contributed by atoms with E-state index in [0.717, 1.165) is 18.1 Å². The molecule has 0 saturated carbocycles. The Bertz CT molecular complexity index is 446. The lowest BCUT2D eigenvalue weighted by Gasteiger charge is -2.22. The number of aliphatic imine (C=N–C) groups is 1. The predicted molar refractivity (Wildman–Crippen MR) is 91.3 cm³/mol. The molecule has 0 fully saturated rings. The summed E-state index contributed by atoms with van der Waals surface area (Å²) >= 11 is 0. The van der Waals surface area contributed by atoms with Gasteiger partial charge in [0.1, 0.15) is 0 Å². The number of hydrogen-bond donors (Lipinski definition) is 2. The largest absolute Gasteiger partial charge is 0.377 e. The molecule has 1 atom stereocenters. The standard InChI is InChI=1S/C17H29N3O2/c1-6-18-16(20-13-17(2,3)22-5)19-12-15(21-4)14-10-8-7-9-11-14/h7-11,15H,6,12-13H2,1-5H3,(H2,18,19,20). The van der Waals surface area contributed by atoms with Crippen LogP contribution in [0.1, 0.15) is 32.4 Å². The van der Waals surface area contributed by atoms with Crippen LogP contribution in [0.4, 0.5) is 0 Å². The van der Waals surface area contributed by atoms with Crippen molar-refractivity contribution in [1.29, 1.82) is 0 Å². The molecule has 22 heavy (non-hydrogen) atoms. The second kappa shape index (κ2) is 9.43. The van der Waals surface area contributed by atoms with Crippen LogP contribution in [0.2, 0.25) is 0 Å². The molecule has 0 bridgehead atoms. The van der Waals surface area contributed by atoms with Gasteiger partial charge >= 0.3 is 0 Å². The molecule has 0 heterocycles. The Labute approximate surface area is 134 Å². The third-order valence-corrected chi connectivity index (χ3v) is 3.43. The lowest BCUT2D eigenvalue weighted by Crippen LogP contribution is -2.41. The van der Waals surface area contributed by atoms with Crippen LogP contribution in [0.15, 0.2) is 35.3 Å². The summed E-state index contributed by atoms with van der Waals surface area (Å²) < 4.78 is 11.0. The Kier molecular flexibility index (Phi) is 7.91. The van der Waals surface area contributed by atoms with Gasteiger partial charge in [-0.25, -0.2) is 0 Å². The third-order valence-electron chi connectivity index (χ3n) is 3.43. The molecular weight excluding hydrogens is 278 g/mol. The van der Waals surface area contributed by atoms with Gasteiger partial charge < -0.3 is 20.1 Å². The molecule has 124 valence electrons. The van der Waals surface area contributed by atoms with Gasteiger partial charge in [0, 0.05) is 27.3 Å². The molecule has 0 aliphatic rings. The van der Waals surface area contributed by atoms with Gasteiger partial charge in [-0.15, -0.1) is 0 Å². The fourth-order valence-corrected chi connectivity index (χ4v) is 1.87. The maximum Gasteiger partial charge on any atom is 0.191 e. The van der Waals surface area contributed by atoms with Crippen molar-refractivity contribution < 1.29 is 9.47 Å². The van der Waals surface area contributed by atoms with E-state index >= 15 is 0 Å². The second-order valence-electron chi connectivity index (χ2n) is 5.67. The van der Waals surface area contributed by atoms with Gasteiger partial charge in [-0.2, -0.15) is 0 Å². The molecule has 0 saturated heterocycles. The van der Waals surface area contributed by atoms with Gasteiger partial charge in [0.25, 0.3) is 0 Å². The Hall–Kier alpha value is -1.59. The van der Waals surface area contributed by atoms with Crippen LogP contribution in [0.3, 0.4) is 0 Å². The first-order valence-corrected chi connectivity index (χ1v) is 7.67. The predicted octanol–water partition coefficient (Wildman–Crippen LogP) is 2.35. The lowest BCUT2D eigenvalue weighted by atomic mass is 10.1. The molecule has 1 aromatic rings. The van der Waals surface area contributed by atoms with E-state index in [4.69, 9.17) is 9.47 Å². The number of nitrogens with zero attached hydrogens (tertiary/aromatic N) is 1. The van der Waals surface area contributed by atoms with E-state index in [0.29, 0.717) is 13.1 Å². The molecule has 0 aromatic heterocycles. The number of methoxy groups -OCH3 is 2. The maximum absolute atomic E-state index is 5.56. The smallest absolute Gasteiger partial charge is 0.191 e. The van der Waals surface area contributed by atoms with Crippen LogP contribution in [0.5, 0.6) is 0 Å². The maximum atomic E-state index is 5.56. The van der Waals surface area contributed by atoms with Crippen LogP contribution in [0.25, 0.3) is 0 Å². The van der Waals surface area contributed by atoms with Crippen molar-refractivity contribution in [2.45, 2.75) is 32.5 Å². The van der Waals surface area contributed by atoms with Crippen molar-refractivity contribution in [2.75, 3.05) is 33.9 Å². The molecule has 5 heteroatoms. The summed E-state index contributed by atoms with van der Waals surface area (Å²) in [6.45, 7) is 8.12. The average Bonchev–Trinajstić information content (AvgIpc) is 2.54. The minimum Gasteiger partial charge on any atom is -0.377 e. The summed E-state index contributed by atoms with van der Waals surface area (Å²) in [6.07, 6.45) is -0.0134. The van der Waals surface area contributed by atoms with Crippen LogP contribution in [-0.2, 0) is 9.47 Å². The van der Waals surface area contributed by atoms with Crippen molar-refractivity contribution in [3.8, 4) is 0 Å². The first-order valence-electron chi connectivity index (χ1n) is 7.67. The summed E-state index contributed by atoms with van der Waals surface area (Å²) in [4.78, 5) is 4.57. The van der Waals surface area contributed by atoms with Gasteiger partial charge in [0.15, 0.2) is 5.96 Å². The number of rotatable bonds is 8. The molecule has 1 unspecified atom stereocenters. The molecular formula is C17H29N3O2. The zero-order valence-corrected chi connectivity index (χ0v) is 14.3. The Balaban J connectivity index is 2.64. The molecule has 1 rings (SSSR count). The third kappa shape index (κ3) is 6.45. The van der Waals surface area contributed by atoms with Crippen LogP contribution in [0, 0.1) is 0 Å². The van der Waals surface area contributed by atoms with Crippen molar-refractivity contribution in [1.82, 2.24) is 10.6 Å². The average molecular weight is 307 g/mol. The number of nitrogens with one attached hydrogen (secondary N) is 2. The molecule has 0 amide bonds. The Morgan fingerprint density at radius 3 is 2.41 bits per heavy atom. The van der Waals surface area contributed by atoms with Gasteiger partial charge in [0.2, 0.25) is 0 Å². The zero-order chi connectivity index (χ0) is 16.4. The van der Waals surface area contributed by atoms with Gasteiger partial charge in [-0.3, -0.25) is 4.99 Å². The number of ether oxygens (including phenoxy) is 2. The minimum absolute atomic E-state index is 0.0134. The SMILES string of the molecule is CCNC(=NCC(C)(C)OC)NCC(OC)c1ccccc1. The number of benzene rings is 1. The van der Waals surface area contributed by atoms with E-state index in [1.54, 1.807) is 14.2 Å². The number of hydrogen-bond acceptors (Lipinski definition) is 3. The number of guanidine groups is 1. The van der Waals surface area contributed by atoms with E-state index in [1.807, 2.05) is 39.0 Å². The highest BCUT2D eigenvalue weighted by Gasteiger charge is 2.16. The lowest BCUT2D eigenvalue weighted by molar-refractivity contribution is 0.0310. The molecule has 5 nitrogen and oxygen atoms in total. The monoisotopic (exact) mass is 307 g/mol. The van der Waals surface area contributed by atoms with Crippen molar-refractivity contribution in [3.05, 3.63) is 35.9 Å². The van der Waals surface area contributed by atoms with Crippen LogP contribution >= 0.6 is 0 Å². The van der Waals surface area contributed by atoms with E-state index < -0.39 is 0 Å². The first kappa shape index (κ1) is 18.5. The van der Waals surface area contributed by atoms with Crippen LogP contribution in [-0.4, -0.2) is 45.4 Å². The highest BCUT2D eigenvalue weighted by molar-refractivity contribution is 5.79. The molecule has 0 spiro atoms. The van der Waals surface area contributed by atoms with Crippen molar-refractivity contribution in [2.24, 2.45) is 4.99 Å². The molecule has 1 aromatic carbocycles. The van der Waals surface area contributed by atoms with E-state index in [2.05, 4.69) is 27.8 Å². The molecule has 0 radical (unpaired) electrons. The Morgan fingerprint density at radius 2 is 1.86 bits per heavy atom. The van der Waals surface area contributed by atoms with Crippen molar-refractivity contribution in [3.63, 3.8) is 0 Å². The topological polar surface area (TPSA) is 54.9 Å². The Morgan fingerprint density at radius 1 is 1.18 bits per heavy atom. The zero-order valence-electron chi connectivity index (χ0n) is 14.3. The summed E-state index contributed by atoms with van der Waals surface area (Å²) in [5, 5.41) is 6.56. The van der Waals surface area contributed by atoms with Gasteiger partial charge in [-0.05, 0) is 26.3 Å². The quantitative estimate of drug-likeness (QED) is 0.572. The summed E-state index contributed by atoms with van der Waals surface area (Å²) in [6, 6.07) is 10.2. The normalized spacial score (nSPS) is 13.8. The minimum atomic E-state index is -0.275. The molecule has 0 aliphatic carbocycles. The van der Waals surface area contributed by atoms with Crippen LogP contribution < -0.4 is 10.6 Å². The fourth-order valence-electron chi connectivity index (χ4n) is 1.87. The summed E-state index contributed by atoms with van der Waals surface area (Å²) in [5.74, 6) is 0.769. The van der Waals surface area contributed by atoms with E-state index in [-0.39, 0.29) is 11.7 Å². The van der Waals surface area contributed by atoms with Crippen molar-refractivity contribution >= 4 is 5.96 Å². The molecule has 2 N–H and O–H groups in total. The highest BCUT2D eigenvalue weighted by atomic mass is 16.5.